The molecule has 0 N–H and O–H groups in total. The van der Waals surface area contributed by atoms with Gasteiger partial charge in [0.05, 0.1) is 13.2 Å². The molecule has 0 bridgehead atoms. The van der Waals surface area contributed by atoms with Crippen molar-refractivity contribution in [3.63, 3.8) is 0 Å². The van der Waals surface area contributed by atoms with Crippen molar-refractivity contribution in [1.82, 2.24) is 4.90 Å². The number of piperidine rings is 1. The third-order valence-electron chi connectivity index (χ3n) is 2.93. The number of hydrogen-bond donors (Lipinski definition) is 0. The molecular weight excluding hydrogens is 277 g/mol. The molecule has 1 aliphatic rings. The van der Waals surface area contributed by atoms with Crippen LogP contribution in [-0.2, 0) is 14.3 Å². The zero-order valence-corrected chi connectivity index (χ0v) is 13.1. The average molecular weight is 301 g/mol. The van der Waals surface area contributed by atoms with Crippen molar-refractivity contribution in [3.05, 3.63) is 12.2 Å². The van der Waals surface area contributed by atoms with Gasteiger partial charge in [-0.2, -0.15) is 0 Å². The standard InChI is InChI=1S/C15H24FNO4/c1-5-20-12(18)7-9-15(16)8-6-10-17(11-15)13(19)21-14(2,3)4/h7,9H,5-6,8,10-11H2,1-4H3/b9-7+/t15-/m1/s1. The maximum absolute atomic E-state index is 14.7. The van der Waals surface area contributed by atoms with E-state index in [-0.39, 0.29) is 19.6 Å². The van der Waals surface area contributed by atoms with Crippen LogP contribution in [0.5, 0.6) is 0 Å². The minimum absolute atomic E-state index is 0.113. The molecular formula is C15H24FNO4. The zero-order chi connectivity index (χ0) is 16.1. The predicted molar refractivity (Wildman–Crippen MR) is 76.7 cm³/mol. The van der Waals surface area contributed by atoms with Gasteiger partial charge in [0.1, 0.15) is 11.3 Å². The second-order valence-corrected chi connectivity index (χ2v) is 6.13. The molecule has 1 heterocycles. The van der Waals surface area contributed by atoms with Gasteiger partial charge in [0.25, 0.3) is 0 Å². The van der Waals surface area contributed by atoms with Gasteiger partial charge in [-0.3, -0.25) is 0 Å². The van der Waals surface area contributed by atoms with Crippen LogP contribution in [0.3, 0.4) is 0 Å². The summed E-state index contributed by atoms with van der Waals surface area (Å²) in [6.45, 7) is 7.55. The van der Waals surface area contributed by atoms with Crippen LogP contribution < -0.4 is 0 Å². The molecule has 0 unspecified atom stereocenters. The van der Waals surface area contributed by atoms with Gasteiger partial charge < -0.3 is 14.4 Å². The van der Waals surface area contributed by atoms with E-state index in [2.05, 4.69) is 0 Å². The molecule has 1 rings (SSSR count). The highest BCUT2D eigenvalue weighted by atomic mass is 19.1. The lowest BCUT2D eigenvalue weighted by atomic mass is 9.94. The number of halogens is 1. The molecule has 1 amide bonds. The maximum Gasteiger partial charge on any atom is 0.410 e. The van der Waals surface area contributed by atoms with E-state index in [1.165, 1.54) is 11.0 Å². The van der Waals surface area contributed by atoms with E-state index in [1.807, 2.05) is 0 Å². The number of alkyl halides is 1. The van der Waals surface area contributed by atoms with Gasteiger partial charge in [-0.15, -0.1) is 0 Å². The molecule has 120 valence electrons. The van der Waals surface area contributed by atoms with Gasteiger partial charge in [0.2, 0.25) is 0 Å². The zero-order valence-electron chi connectivity index (χ0n) is 13.1. The number of esters is 1. The van der Waals surface area contributed by atoms with Gasteiger partial charge in [0, 0.05) is 12.6 Å². The maximum atomic E-state index is 14.7. The number of ether oxygens (including phenoxy) is 2. The fraction of sp³-hybridized carbons (Fsp3) is 0.733. The average Bonchev–Trinajstić information content (AvgIpc) is 2.35. The SMILES string of the molecule is CCOC(=O)/C=C/[C@]1(F)CCCN(C(=O)OC(C)(C)C)C1. The summed E-state index contributed by atoms with van der Waals surface area (Å²) in [5.41, 5.74) is -2.34. The highest BCUT2D eigenvalue weighted by Crippen LogP contribution is 2.27. The molecule has 0 radical (unpaired) electrons. The summed E-state index contributed by atoms with van der Waals surface area (Å²) in [6, 6.07) is 0. The Morgan fingerprint density at radius 2 is 2.05 bits per heavy atom. The van der Waals surface area contributed by atoms with Gasteiger partial charge in [-0.25, -0.2) is 14.0 Å². The lowest BCUT2D eigenvalue weighted by Crippen LogP contribution is -2.48. The topological polar surface area (TPSA) is 55.8 Å². The number of rotatable bonds is 3. The van der Waals surface area contributed by atoms with E-state index in [0.717, 1.165) is 6.08 Å². The van der Waals surface area contributed by atoms with Crippen LogP contribution >= 0.6 is 0 Å². The summed E-state index contributed by atoms with van der Waals surface area (Å²) in [5.74, 6) is -0.580. The van der Waals surface area contributed by atoms with Crippen LogP contribution in [0.1, 0.15) is 40.5 Å². The molecule has 0 aliphatic carbocycles. The fourth-order valence-electron chi connectivity index (χ4n) is 2.07. The first-order chi connectivity index (χ1) is 9.65. The molecule has 0 spiro atoms. The highest BCUT2D eigenvalue weighted by molar-refractivity contribution is 5.82. The first-order valence-corrected chi connectivity index (χ1v) is 7.18. The first kappa shape index (κ1) is 17.5. The Morgan fingerprint density at radius 1 is 1.38 bits per heavy atom. The third kappa shape index (κ3) is 6.14. The van der Waals surface area contributed by atoms with E-state index < -0.39 is 23.3 Å². The van der Waals surface area contributed by atoms with E-state index in [1.54, 1.807) is 27.7 Å². The van der Waals surface area contributed by atoms with Crippen LogP contribution in [0, 0.1) is 0 Å². The molecule has 1 aliphatic heterocycles. The summed E-state index contributed by atoms with van der Waals surface area (Å²) in [7, 11) is 0. The Kier molecular flexibility index (Phi) is 5.75. The highest BCUT2D eigenvalue weighted by Gasteiger charge is 2.36. The number of hydrogen-bond acceptors (Lipinski definition) is 4. The number of likely N-dealkylation sites (tertiary alicyclic amines) is 1. The summed E-state index contributed by atoms with van der Waals surface area (Å²) >= 11 is 0. The van der Waals surface area contributed by atoms with Crippen molar-refractivity contribution < 1.29 is 23.5 Å². The Bertz CT molecular complexity index is 416. The summed E-state index contributed by atoms with van der Waals surface area (Å²) in [5, 5.41) is 0. The Morgan fingerprint density at radius 3 is 2.62 bits per heavy atom. The molecule has 1 fully saturated rings. The molecule has 21 heavy (non-hydrogen) atoms. The Balaban J connectivity index is 2.66. The van der Waals surface area contributed by atoms with Crippen LogP contribution in [0.25, 0.3) is 0 Å². The van der Waals surface area contributed by atoms with E-state index in [4.69, 9.17) is 9.47 Å². The van der Waals surface area contributed by atoms with Crippen LogP contribution in [0.4, 0.5) is 9.18 Å². The summed E-state index contributed by atoms with van der Waals surface area (Å²) in [4.78, 5) is 24.6. The molecule has 0 aromatic carbocycles. The second kappa shape index (κ2) is 6.91. The molecule has 0 aromatic heterocycles. The van der Waals surface area contributed by atoms with Crippen molar-refractivity contribution in [1.29, 1.82) is 0 Å². The van der Waals surface area contributed by atoms with Gasteiger partial charge in [-0.1, -0.05) is 0 Å². The molecule has 0 aromatic rings. The van der Waals surface area contributed by atoms with Crippen LogP contribution in [-0.4, -0.2) is 47.9 Å². The van der Waals surface area contributed by atoms with E-state index in [9.17, 15) is 14.0 Å². The number of carbonyl (C=O) groups excluding carboxylic acids is 2. The van der Waals surface area contributed by atoms with Crippen molar-refractivity contribution in [3.8, 4) is 0 Å². The van der Waals surface area contributed by atoms with Crippen molar-refractivity contribution in [2.45, 2.75) is 51.8 Å². The fourth-order valence-corrected chi connectivity index (χ4v) is 2.07. The smallest absolute Gasteiger partial charge is 0.410 e. The van der Waals surface area contributed by atoms with E-state index in [0.29, 0.717) is 13.0 Å². The van der Waals surface area contributed by atoms with Gasteiger partial charge >= 0.3 is 12.1 Å². The van der Waals surface area contributed by atoms with Crippen molar-refractivity contribution in [2.24, 2.45) is 0 Å². The predicted octanol–water partition coefficient (Wildman–Crippen LogP) is 2.84. The molecule has 0 saturated carbocycles. The molecule has 6 heteroatoms. The lowest BCUT2D eigenvalue weighted by molar-refractivity contribution is -0.137. The van der Waals surface area contributed by atoms with Crippen molar-refractivity contribution >= 4 is 12.1 Å². The summed E-state index contributed by atoms with van der Waals surface area (Å²) < 4.78 is 24.6. The quantitative estimate of drug-likeness (QED) is 0.594. The Hall–Kier alpha value is -1.59. The number of carbonyl (C=O) groups is 2. The minimum atomic E-state index is -1.72. The second-order valence-electron chi connectivity index (χ2n) is 6.13. The van der Waals surface area contributed by atoms with Gasteiger partial charge in [-0.05, 0) is 46.6 Å². The number of nitrogens with zero attached hydrogens (tertiary/aromatic N) is 1. The molecule has 1 saturated heterocycles. The molecule has 1 atom stereocenters. The Labute approximate surface area is 125 Å². The normalized spacial score (nSPS) is 23.2. The summed E-state index contributed by atoms with van der Waals surface area (Å²) in [6.07, 6.45) is 2.52. The monoisotopic (exact) mass is 301 g/mol. The minimum Gasteiger partial charge on any atom is -0.463 e. The third-order valence-corrected chi connectivity index (χ3v) is 2.93. The van der Waals surface area contributed by atoms with E-state index >= 15 is 0 Å². The largest absolute Gasteiger partial charge is 0.463 e. The van der Waals surface area contributed by atoms with Gasteiger partial charge in [0.15, 0.2) is 0 Å². The van der Waals surface area contributed by atoms with Crippen molar-refractivity contribution in [2.75, 3.05) is 19.7 Å². The lowest BCUT2D eigenvalue weighted by Gasteiger charge is -2.36. The van der Waals surface area contributed by atoms with Crippen LogP contribution in [0.2, 0.25) is 0 Å². The molecule has 5 nitrogen and oxygen atoms in total. The number of amides is 1. The van der Waals surface area contributed by atoms with Crippen LogP contribution in [0.15, 0.2) is 12.2 Å². The first-order valence-electron chi connectivity index (χ1n) is 7.18.